The first-order valence-corrected chi connectivity index (χ1v) is 10.2. The van der Waals surface area contributed by atoms with Crippen LogP contribution in [0.5, 0.6) is 0 Å². The van der Waals surface area contributed by atoms with Gasteiger partial charge in [-0.2, -0.15) is 5.10 Å². The number of halogens is 1. The molecule has 0 aliphatic carbocycles. The van der Waals surface area contributed by atoms with Gasteiger partial charge in [-0.1, -0.05) is 25.4 Å². The van der Waals surface area contributed by atoms with Gasteiger partial charge in [-0.25, -0.2) is 14.5 Å². The van der Waals surface area contributed by atoms with E-state index in [1.807, 2.05) is 30.5 Å². The predicted octanol–water partition coefficient (Wildman–Crippen LogP) is 6.18. The topological polar surface area (TPSA) is 43.1 Å². The van der Waals surface area contributed by atoms with Gasteiger partial charge < -0.3 is 0 Å². The summed E-state index contributed by atoms with van der Waals surface area (Å²) in [6.45, 7) is 8.56. The van der Waals surface area contributed by atoms with Crippen LogP contribution < -0.4 is 0 Å². The van der Waals surface area contributed by atoms with Crippen LogP contribution in [0.2, 0.25) is 5.15 Å². The second kappa shape index (κ2) is 6.63. The predicted molar refractivity (Wildman–Crippen MR) is 109 cm³/mol. The Morgan fingerprint density at radius 2 is 1.92 bits per heavy atom. The molecule has 0 bridgehead atoms. The number of aryl methyl sites for hydroxylation is 2. The van der Waals surface area contributed by atoms with Gasteiger partial charge in [0.2, 0.25) is 0 Å². The maximum Gasteiger partial charge on any atom is 0.157 e. The van der Waals surface area contributed by atoms with E-state index in [0.29, 0.717) is 11.1 Å². The Morgan fingerprint density at radius 3 is 2.65 bits per heavy atom. The third kappa shape index (κ3) is 2.70. The minimum Gasteiger partial charge on any atom is -0.235 e. The number of nitrogens with zero attached hydrogens (tertiary/aromatic N) is 4. The van der Waals surface area contributed by atoms with E-state index in [0.717, 1.165) is 51.4 Å². The highest BCUT2D eigenvalue weighted by Gasteiger charge is 2.21. The highest BCUT2D eigenvalue weighted by molar-refractivity contribution is 7.17. The van der Waals surface area contributed by atoms with Crippen molar-refractivity contribution in [3.63, 3.8) is 0 Å². The molecule has 6 heteroatoms. The molecule has 0 fully saturated rings. The van der Waals surface area contributed by atoms with Gasteiger partial charge in [0.15, 0.2) is 5.65 Å². The fourth-order valence-corrected chi connectivity index (χ4v) is 4.70. The van der Waals surface area contributed by atoms with E-state index in [4.69, 9.17) is 21.7 Å². The van der Waals surface area contributed by atoms with Gasteiger partial charge in [-0.05, 0) is 50.8 Å². The lowest BCUT2D eigenvalue weighted by molar-refractivity contribution is 0.638. The standard InChI is InChI=1S/C20H21ClN4S/c1-5-13(6-2)14-9-11(3)24-25-19(12(4)22-20(14)25)15-10-26-16-7-8-17(21)23-18(15)16/h7-10,13H,5-6H2,1-4H3. The summed E-state index contributed by atoms with van der Waals surface area (Å²) in [5, 5.41) is 7.43. The van der Waals surface area contributed by atoms with E-state index >= 15 is 0 Å². The van der Waals surface area contributed by atoms with Crippen molar-refractivity contribution >= 4 is 38.8 Å². The Kier molecular flexibility index (Phi) is 4.45. The second-order valence-corrected chi connectivity index (χ2v) is 7.96. The van der Waals surface area contributed by atoms with Crippen LogP contribution in [-0.4, -0.2) is 19.6 Å². The number of fused-ring (bicyclic) bond motifs is 2. The van der Waals surface area contributed by atoms with Crippen molar-refractivity contribution in [3.05, 3.63) is 45.7 Å². The lowest BCUT2D eigenvalue weighted by Crippen LogP contribution is -2.05. The fraction of sp³-hybridized carbons (Fsp3) is 0.350. The van der Waals surface area contributed by atoms with Crippen molar-refractivity contribution in [1.82, 2.24) is 19.6 Å². The number of pyridine rings is 1. The highest BCUT2D eigenvalue weighted by Crippen LogP contribution is 2.37. The molecule has 0 radical (unpaired) electrons. The van der Waals surface area contributed by atoms with Crippen LogP contribution in [0, 0.1) is 13.8 Å². The number of hydrogen-bond acceptors (Lipinski definition) is 4. The van der Waals surface area contributed by atoms with Crippen molar-refractivity contribution < 1.29 is 0 Å². The monoisotopic (exact) mass is 384 g/mol. The SMILES string of the molecule is CCC(CC)c1cc(C)nn2c(-c3csc4ccc(Cl)nc34)c(C)nc12. The lowest BCUT2D eigenvalue weighted by Gasteiger charge is -2.14. The van der Waals surface area contributed by atoms with Crippen molar-refractivity contribution in [2.24, 2.45) is 0 Å². The molecule has 0 saturated carbocycles. The van der Waals surface area contributed by atoms with Crippen molar-refractivity contribution in [3.8, 4) is 11.3 Å². The van der Waals surface area contributed by atoms with Crippen LogP contribution in [0.1, 0.15) is 49.6 Å². The summed E-state index contributed by atoms with van der Waals surface area (Å²) in [6, 6.07) is 6.04. The maximum atomic E-state index is 6.15. The Labute approximate surface area is 161 Å². The van der Waals surface area contributed by atoms with Gasteiger partial charge in [0.1, 0.15) is 5.15 Å². The van der Waals surface area contributed by atoms with E-state index in [1.165, 1.54) is 5.56 Å². The molecule has 26 heavy (non-hydrogen) atoms. The smallest absolute Gasteiger partial charge is 0.157 e. The molecule has 0 unspecified atom stereocenters. The molecule has 0 aromatic carbocycles. The highest BCUT2D eigenvalue weighted by atomic mass is 35.5. The number of aromatic nitrogens is 4. The number of imidazole rings is 1. The zero-order valence-electron chi connectivity index (χ0n) is 15.4. The van der Waals surface area contributed by atoms with E-state index < -0.39 is 0 Å². The maximum absolute atomic E-state index is 6.15. The summed E-state index contributed by atoms with van der Waals surface area (Å²) in [5.74, 6) is 0.487. The minimum absolute atomic E-state index is 0.487. The Hall–Kier alpha value is -1.98. The molecule has 0 aliphatic rings. The first-order valence-electron chi connectivity index (χ1n) is 8.94. The van der Waals surface area contributed by atoms with Gasteiger partial charge in [-0.3, -0.25) is 0 Å². The van der Waals surface area contributed by atoms with Gasteiger partial charge >= 0.3 is 0 Å². The summed E-state index contributed by atoms with van der Waals surface area (Å²) >= 11 is 7.82. The van der Waals surface area contributed by atoms with Crippen molar-refractivity contribution in [2.45, 2.75) is 46.5 Å². The van der Waals surface area contributed by atoms with Crippen LogP contribution in [0.4, 0.5) is 0 Å². The summed E-state index contributed by atoms with van der Waals surface area (Å²) in [4.78, 5) is 9.46. The summed E-state index contributed by atoms with van der Waals surface area (Å²) in [5.41, 5.74) is 7.18. The van der Waals surface area contributed by atoms with Gasteiger partial charge in [0.25, 0.3) is 0 Å². The molecule has 4 aromatic heterocycles. The molecule has 0 spiro atoms. The zero-order chi connectivity index (χ0) is 18.4. The molecule has 134 valence electrons. The average Bonchev–Trinajstić information content (AvgIpc) is 3.15. The summed E-state index contributed by atoms with van der Waals surface area (Å²) in [7, 11) is 0. The van der Waals surface area contributed by atoms with Crippen LogP contribution in [0.3, 0.4) is 0 Å². The molecule has 0 atom stereocenters. The largest absolute Gasteiger partial charge is 0.235 e. The quantitative estimate of drug-likeness (QED) is 0.394. The molecule has 0 amide bonds. The van der Waals surface area contributed by atoms with Gasteiger partial charge in [0.05, 0.1) is 27.3 Å². The van der Waals surface area contributed by atoms with Gasteiger partial charge in [-0.15, -0.1) is 11.3 Å². The molecule has 4 aromatic rings. The van der Waals surface area contributed by atoms with E-state index in [-0.39, 0.29) is 0 Å². The number of thiophene rings is 1. The molecular formula is C20H21ClN4S. The van der Waals surface area contributed by atoms with Crippen molar-refractivity contribution in [2.75, 3.05) is 0 Å². The second-order valence-electron chi connectivity index (χ2n) is 6.67. The normalized spacial score (nSPS) is 11.9. The molecule has 0 aliphatic heterocycles. The van der Waals surface area contributed by atoms with Crippen molar-refractivity contribution in [1.29, 1.82) is 0 Å². The Balaban J connectivity index is 2.04. The fourth-order valence-electron chi connectivity index (χ4n) is 3.67. The molecule has 0 N–H and O–H groups in total. The van der Waals surface area contributed by atoms with E-state index in [1.54, 1.807) is 11.3 Å². The van der Waals surface area contributed by atoms with Crippen LogP contribution in [0.15, 0.2) is 23.6 Å². The Morgan fingerprint density at radius 1 is 1.15 bits per heavy atom. The zero-order valence-corrected chi connectivity index (χ0v) is 16.9. The van der Waals surface area contributed by atoms with Gasteiger partial charge in [0, 0.05) is 16.5 Å². The first kappa shape index (κ1) is 17.4. The van der Waals surface area contributed by atoms with Crippen LogP contribution >= 0.6 is 22.9 Å². The number of hydrogen-bond donors (Lipinski definition) is 0. The minimum atomic E-state index is 0.487. The first-order chi connectivity index (χ1) is 12.5. The summed E-state index contributed by atoms with van der Waals surface area (Å²) in [6.07, 6.45) is 2.19. The molecule has 4 nitrogen and oxygen atoms in total. The number of rotatable bonds is 4. The van der Waals surface area contributed by atoms with E-state index in [2.05, 4.69) is 30.3 Å². The van der Waals surface area contributed by atoms with Crippen LogP contribution in [-0.2, 0) is 0 Å². The molecule has 0 saturated heterocycles. The molecule has 4 rings (SSSR count). The summed E-state index contributed by atoms with van der Waals surface area (Å²) < 4.78 is 3.12. The lowest BCUT2D eigenvalue weighted by atomic mass is 9.95. The Bertz CT molecular complexity index is 1110. The van der Waals surface area contributed by atoms with Crippen LogP contribution in [0.25, 0.3) is 27.1 Å². The molecular weight excluding hydrogens is 364 g/mol. The third-order valence-corrected chi connectivity index (χ3v) is 6.12. The van der Waals surface area contributed by atoms with E-state index in [9.17, 15) is 0 Å². The average molecular weight is 385 g/mol. The third-order valence-electron chi connectivity index (χ3n) is 4.97. The molecule has 4 heterocycles.